The number of rotatable bonds is 14. The number of anilines is 3. The number of imidazole rings is 1. The molecule has 344 valence electrons. The molecule has 2 amide bonds. The maximum atomic E-state index is 13.4. The number of amides is 2. The normalized spacial score (nSPS) is 16.5. The second-order valence-electron chi connectivity index (χ2n) is 16.5. The van der Waals surface area contributed by atoms with Gasteiger partial charge in [-0.05, 0) is 96.3 Å². The van der Waals surface area contributed by atoms with Crippen molar-refractivity contribution in [1.29, 1.82) is 10.5 Å². The Labute approximate surface area is 400 Å². The number of halogens is 3. The first-order valence-electron chi connectivity index (χ1n) is 21.6. The van der Waals surface area contributed by atoms with Gasteiger partial charge < -0.3 is 19.3 Å². The van der Waals surface area contributed by atoms with Gasteiger partial charge in [-0.15, -0.1) is 0 Å². The van der Waals surface area contributed by atoms with Crippen LogP contribution in [0, 0.1) is 22.7 Å². The Kier molecular flexibility index (Phi) is 16.0. The van der Waals surface area contributed by atoms with Gasteiger partial charge in [-0.25, -0.2) is 13.4 Å². The molecule has 0 spiro atoms. The molecule has 0 radical (unpaired) electrons. The quantitative estimate of drug-likeness (QED) is 0.105. The van der Waals surface area contributed by atoms with E-state index in [1.807, 2.05) is 62.9 Å². The second-order valence-corrected chi connectivity index (χ2v) is 19.6. The van der Waals surface area contributed by atoms with Crippen molar-refractivity contribution in [2.75, 3.05) is 59.6 Å². The van der Waals surface area contributed by atoms with Crippen LogP contribution in [0.4, 0.5) is 21.5 Å². The highest BCUT2D eigenvalue weighted by Gasteiger charge is 2.35. The number of hydrogen-bond acceptors (Lipinski definition) is 10. The van der Waals surface area contributed by atoms with Crippen LogP contribution >= 0.6 is 23.2 Å². The summed E-state index contributed by atoms with van der Waals surface area (Å²) in [5.74, 6) is -0.119. The minimum atomic E-state index is -3.19. The van der Waals surface area contributed by atoms with E-state index in [4.69, 9.17) is 33.7 Å². The van der Waals surface area contributed by atoms with Gasteiger partial charge in [0.1, 0.15) is 9.84 Å². The van der Waals surface area contributed by atoms with Crippen molar-refractivity contribution >= 4 is 61.9 Å². The molecule has 17 heteroatoms. The van der Waals surface area contributed by atoms with Crippen LogP contribution in [0.15, 0.2) is 128 Å². The average Bonchev–Trinajstić information content (AvgIpc) is 3.75. The standard InChI is InChI=1S/C26H25ClN4O3S.C24H23ClFN5O/c1-35(33,34)12-10-24-17-31(23-4-2-3-22(27)14-23)26(32)18-30(24)25-9-11-29-16-21(25)13-19-5-7-20(15-28)8-6-19;25-20-2-1-3-21(10-20)31-15-22(8-9-26)29(16-24(31)32)14-23-12-28-17-30(23)13-19-6-4-18(11-27)5-7-19/h2-9,11,14,16,24H,10,12-13,17-18H2,1H3;1-7,10,12,17,22H,8-9,13-16H2. The highest BCUT2D eigenvalue weighted by atomic mass is 35.5. The van der Waals surface area contributed by atoms with E-state index in [0.29, 0.717) is 72.3 Å². The lowest BCUT2D eigenvalue weighted by atomic mass is 10.0. The largest absolute Gasteiger partial charge is 0.357 e. The number of hydrogen-bond donors (Lipinski definition) is 0. The third-order valence-electron chi connectivity index (χ3n) is 11.8. The maximum absolute atomic E-state index is 13.4. The molecule has 2 saturated heterocycles. The van der Waals surface area contributed by atoms with Gasteiger partial charge in [0.25, 0.3) is 0 Å². The molecular formula is C50H48Cl2FN9O4S. The number of carbonyl (C=O) groups excluding carboxylic acids is 2. The Morgan fingerprint density at radius 1 is 0.731 bits per heavy atom. The first-order valence-corrected chi connectivity index (χ1v) is 24.4. The molecule has 2 atom stereocenters. The third kappa shape index (κ3) is 12.8. The molecular weight excluding hydrogens is 913 g/mol. The van der Waals surface area contributed by atoms with Gasteiger partial charge in [0.2, 0.25) is 11.8 Å². The summed E-state index contributed by atoms with van der Waals surface area (Å²) in [6.07, 6.45) is 9.49. The summed E-state index contributed by atoms with van der Waals surface area (Å²) in [6, 6.07) is 34.8. The zero-order chi connectivity index (χ0) is 47.5. The van der Waals surface area contributed by atoms with E-state index < -0.39 is 16.5 Å². The van der Waals surface area contributed by atoms with Gasteiger partial charge in [-0.3, -0.25) is 23.9 Å². The van der Waals surface area contributed by atoms with Crippen LogP contribution in [-0.2, 0) is 38.9 Å². The molecule has 0 bridgehead atoms. The predicted octanol–water partition coefficient (Wildman–Crippen LogP) is 7.89. The Morgan fingerprint density at radius 3 is 1.91 bits per heavy atom. The van der Waals surface area contributed by atoms with Crippen molar-refractivity contribution in [2.45, 2.75) is 44.4 Å². The zero-order valence-electron chi connectivity index (χ0n) is 36.8. The summed E-state index contributed by atoms with van der Waals surface area (Å²) in [5.41, 5.74) is 7.40. The Bertz CT molecular complexity index is 2890. The number of aromatic nitrogens is 3. The molecule has 2 aromatic heterocycles. The minimum Gasteiger partial charge on any atom is -0.357 e. The molecule has 67 heavy (non-hydrogen) atoms. The first-order chi connectivity index (χ1) is 32.3. The summed E-state index contributed by atoms with van der Waals surface area (Å²) in [4.78, 5) is 42.1. The van der Waals surface area contributed by atoms with E-state index in [9.17, 15) is 22.4 Å². The SMILES string of the molecule is CS(=O)(=O)CCC1CN(c2cccc(Cl)c2)C(=O)CN1c1ccncc1Cc1ccc(C#N)cc1.N#Cc1ccc(Cn2cncc2CN2CC(=O)N(c3cccc(Cl)c3)CC2CCF)cc1. The molecule has 2 aliphatic heterocycles. The van der Waals surface area contributed by atoms with E-state index >= 15 is 0 Å². The number of pyridine rings is 1. The number of nitrogens with zero attached hydrogens (tertiary/aromatic N) is 9. The number of benzene rings is 4. The molecule has 2 fully saturated rings. The number of piperazine rings is 2. The van der Waals surface area contributed by atoms with Crippen LogP contribution in [0.3, 0.4) is 0 Å². The summed E-state index contributed by atoms with van der Waals surface area (Å²) in [6.45, 7) is 1.69. The lowest BCUT2D eigenvalue weighted by Gasteiger charge is -2.43. The number of nitriles is 2. The topological polar surface area (TPSA) is 160 Å². The van der Waals surface area contributed by atoms with Crippen molar-refractivity contribution < 1.29 is 22.4 Å². The van der Waals surface area contributed by atoms with E-state index in [-0.39, 0.29) is 42.7 Å². The van der Waals surface area contributed by atoms with Gasteiger partial charge in [0, 0.05) is 96.6 Å². The smallest absolute Gasteiger partial charge is 0.246 e. The van der Waals surface area contributed by atoms with Crippen molar-refractivity contribution in [3.8, 4) is 12.1 Å². The second kappa shape index (κ2) is 22.2. The Balaban J connectivity index is 0.000000200. The summed E-state index contributed by atoms with van der Waals surface area (Å²) >= 11 is 12.3. The fourth-order valence-corrected chi connectivity index (χ4v) is 9.37. The van der Waals surface area contributed by atoms with Gasteiger partial charge >= 0.3 is 0 Å². The van der Waals surface area contributed by atoms with Crippen LogP contribution in [0.1, 0.15) is 46.4 Å². The third-order valence-corrected chi connectivity index (χ3v) is 13.2. The fourth-order valence-electron chi connectivity index (χ4n) is 8.30. The molecule has 0 aliphatic carbocycles. The Morgan fingerprint density at radius 2 is 1.33 bits per heavy atom. The van der Waals surface area contributed by atoms with Gasteiger partial charge in [-0.1, -0.05) is 59.6 Å². The van der Waals surface area contributed by atoms with Crippen LogP contribution in [-0.4, -0.2) is 96.6 Å². The monoisotopic (exact) mass is 959 g/mol. The van der Waals surface area contributed by atoms with E-state index in [0.717, 1.165) is 33.8 Å². The Hall–Kier alpha value is -6.62. The van der Waals surface area contributed by atoms with E-state index in [1.165, 1.54) is 6.26 Å². The number of carbonyl (C=O) groups is 2. The molecule has 0 N–H and O–H groups in total. The molecule has 6 aromatic rings. The fraction of sp³-hybridized carbons (Fsp3) is 0.280. The molecule has 13 nitrogen and oxygen atoms in total. The number of sulfone groups is 1. The lowest BCUT2D eigenvalue weighted by molar-refractivity contribution is -0.123. The van der Waals surface area contributed by atoms with Gasteiger partial charge in [-0.2, -0.15) is 10.5 Å². The van der Waals surface area contributed by atoms with E-state index in [1.54, 1.807) is 89.3 Å². The lowest BCUT2D eigenvalue weighted by Crippen LogP contribution is -2.57. The summed E-state index contributed by atoms with van der Waals surface area (Å²) < 4.78 is 39.4. The van der Waals surface area contributed by atoms with Crippen molar-refractivity contribution in [2.24, 2.45) is 0 Å². The molecule has 4 heterocycles. The molecule has 2 unspecified atom stereocenters. The molecule has 0 saturated carbocycles. The minimum absolute atomic E-state index is 0.0157. The van der Waals surface area contributed by atoms with Crippen molar-refractivity contribution in [3.05, 3.63) is 172 Å². The first kappa shape index (κ1) is 48.3. The zero-order valence-corrected chi connectivity index (χ0v) is 39.1. The van der Waals surface area contributed by atoms with Crippen LogP contribution in [0.25, 0.3) is 0 Å². The molecule has 8 rings (SSSR count). The highest BCUT2D eigenvalue weighted by Crippen LogP contribution is 2.31. The van der Waals surface area contributed by atoms with Crippen LogP contribution in [0.5, 0.6) is 0 Å². The maximum Gasteiger partial charge on any atom is 0.246 e. The van der Waals surface area contributed by atoms with Gasteiger partial charge in [0.05, 0.1) is 60.8 Å². The van der Waals surface area contributed by atoms with Crippen LogP contribution in [0.2, 0.25) is 10.0 Å². The number of alkyl halides is 1. The molecule has 2 aliphatic rings. The van der Waals surface area contributed by atoms with Gasteiger partial charge in [0.15, 0.2) is 0 Å². The predicted molar refractivity (Wildman–Crippen MR) is 259 cm³/mol. The van der Waals surface area contributed by atoms with E-state index in [2.05, 4.69) is 22.1 Å². The highest BCUT2D eigenvalue weighted by molar-refractivity contribution is 7.90. The summed E-state index contributed by atoms with van der Waals surface area (Å²) in [7, 11) is -3.19. The van der Waals surface area contributed by atoms with Crippen LogP contribution < -0.4 is 14.7 Å². The average molecular weight is 961 g/mol. The summed E-state index contributed by atoms with van der Waals surface area (Å²) in [5, 5.41) is 19.1. The van der Waals surface area contributed by atoms with Crippen molar-refractivity contribution in [3.63, 3.8) is 0 Å². The molecule has 4 aromatic carbocycles. The van der Waals surface area contributed by atoms with Crippen molar-refractivity contribution in [1.82, 2.24) is 19.4 Å².